The van der Waals surface area contributed by atoms with Gasteiger partial charge in [0.1, 0.15) is 5.82 Å². The molecule has 0 unspecified atom stereocenters. The van der Waals surface area contributed by atoms with Crippen LogP contribution >= 0.6 is 0 Å². The van der Waals surface area contributed by atoms with Gasteiger partial charge in [-0.3, -0.25) is 9.97 Å². The third kappa shape index (κ3) is 2.87. The highest BCUT2D eigenvalue weighted by Gasteiger charge is 1.98. The summed E-state index contributed by atoms with van der Waals surface area (Å²) >= 11 is 0. The van der Waals surface area contributed by atoms with E-state index in [1.165, 1.54) is 0 Å². The molecule has 0 bridgehead atoms. The molecule has 2 rings (SSSR count). The van der Waals surface area contributed by atoms with Crippen LogP contribution < -0.4 is 5.32 Å². The highest BCUT2D eigenvalue weighted by Crippen LogP contribution is 1.97. The Morgan fingerprint density at radius 2 is 1.94 bits per heavy atom. The van der Waals surface area contributed by atoms with Crippen LogP contribution in [0.4, 0.5) is 0 Å². The first-order valence-electron chi connectivity index (χ1n) is 5.23. The standard InChI is InChI=1S/C11H15N5/c1-8-3-15-10(6-13-8)4-12-5-11-7-14-9(2)16-11/h3,6-7,12H,4-5H2,1-2H3,(H,14,16). The first-order chi connectivity index (χ1) is 7.74. The third-order valence-corrected chi connectivity index (χ3v) is 2.21. The van der Waals surface area contributed by atoms with Crippen LogP contribution in [0.1, 0.15) is 22.9 Å². The first-order valence-corrected chi connectivity index (χ1v) is 5.23. The largest absolute Gasteiger partial charge is 0.345 e. The van der Waals surface area contributed by atoms with Crippen LogP contribution in [0.5, 0.6) is 0 Å². The molecule has 2 aromatic heterocycles. The zero-order valence-corrected chi connectivity index (χ0v) is 9.49. The molecule has 2 N–H and O–H groups in total. The number of H-pyrrole nitrogens is 1. The van der Waals surface area contributed by atoms with E-state index in [0.717, 1.165) is 29.5 Å². The van der Waals surface area contributed by atoms with Crippen LogP contribution in [-0.4, -0.2) is 19.9 Å². The number of aryl methyl sites for hydroxylation is 2. The summed E-state index contributed by atoms with van der Waals surface area (Å²) in [5, 5.41) is 3.28. The Balaban J connectivity index is 1.82. The van der Waals surface area contributed by atoms with E-state index in [-0.39, 0.29) is 0 Å². The zero-order chi connectivity index (χ0) is 11.4. The third-order valence-electron chi connectivity index (χ3n) is 2.21. The Hall–Kier alpha value is -1.75. The summed E-state index contributed by atoms with van der Waals surface area (Å²) in [5.41, 5.74) is 2.97. The van der Waals surface area contributed by atoms with Crippen molar-refractivity contribution in [1.29, 1.82) is 0 Å². The number of hydrogen-bond donors (Lipinski definition) is 2. The van der Waals surface area contributed by atoms with Gasteiger partial charge in [0.2, 0.25) is 0 Å². The van der Waals surface area contributed by atoms with Gasteiger partial charge >= 0.3 is 0 Å². The van der Waals surface area contributed by atoms with Crippen molar-refractivity contribution < 1.29 is 0 Å². The number of nitrogens with one attached hydrogen (secondary N) is 2. The van der Waals surface area contributed by atoms with Crippen molar-refractivity contribution in [3.63, 3.8) is 0 Å². The van der Waals surface area contributed by atoms with Crippen molar-refractivity contribution in [1.82, 2.24) is 25.3 Å². The van der Waals surface area contributed by atoms with Gasteiger partial charge in [0.25, 0.3) is 0 Å². The molecule has 2 aromatic rings. The first kappa shape index (κ1) is 10.8. The molecule has 16 heavy (non-hydrogen) atoms. The molecular weight excluding hydrogens is 202 g/mol. The summed E-state index contributed by atoms with van der Waals surface area (Å²) in [7, 11) is 0. The predicted octanol–water partition coefficient (Wildman–Crippen LogP) is 1.11. The Morgan fingerprint density at radius 3 is 2.56 bits per heavy atom. The van der Waals surface area contributed by atoms with E-state index in [0.29, 0.717) is 6.54 Å². The average molecular weight is 217 g/mol. The van der Waals surface area contributed by atoms with Crippen molar-refractivity contribution in [3.8, 4) is 0 Å². The normalized spacial score (nSPS) is 10.6. The van der Waals surface area contributed by atoms with Crippen molar-refractivity contribution in [2.45, 2.75) is 26.9 Å². The van der Waals surface area contributed by atoms with Crippen molar-refractivity contribution in [3.05, 3.63) is 41.5 Å². The molecule has 0 aromatic carbocycles. The molecule has 0 atom stereocenters. The van der Waals surface area contributed by atoms with Crippen LogP contribution in [-0.2, 0) is 13.1 Å². The summed E-state index contributed by atoms with van der Waals surface area (Å²) in [5.74, 6) is 0.937. The Bertz CT molecular complexity index is 446. The molecule has 84 valence electrons. The lowest BCUT2D eigenvalue weighted by Crippen LogP contribution is -2.14. The van der Waals surface area contributed by atoms with Gasteiger partial charge in [0, 0.05) is 37.4 Å². The molecule has 0 aliphatic carbocycles. The summed E-state index contributed by atoms with van der Waals surface area (Å²) in [6.45, 7) is 5.34. The van der Waals surface area contributed by atoms with E-state index in [2.05, 4.69) is 25.3 Å². The van der Waals surface area contributed by atoms with Crippen LogP contribution in [0.25, 0.3) is 0 Å². The highest BCUT2D eigenvalue weighted by atomic mass is 15.0. The number of aromatic amines is 1. The molecule has 0 saturated carbocycles. The molecule has 0 fully saturated rings. The number of imidazole rings is 1. The molecule has 0 radical (unpaired) electrons. The molecule has 0 spiro atoms. The fourth-order valence-electron chi connectivity index (χ4n) is 1.40. The van der Waals surface area contributed by atoms with Gasteiger partial charge in [-0.1, -0.05) is 0 Å². The van der Waals surface area contributed by atoms with Crippen LogP contribution in [0, 0.1) is 13.8 Å². The molecule has 0 aliphatic rings. The van der Waals surface area contributed by atoms with Gasteiger partial charge in [-0.05, 0) is 13.8 Å². The molecule has 5 heteroatoms. The maximum absolute atomic E-state index is 4.26. The summed E-state index contributed by atoms with van der Waals surface area (Å²) in [6.07, 6.45) is 5.40. The summed E-state index contributed by atoms with van der Waals surface area (Å²) in [4.78, 5) is 15.7. The zero-order valence-electron chi connectivity index (χ0n) is 9.49. The topological polar surface area (TPSA) is 66.5 Å². The van der Waals surface area contributed by atoms with E-state index in [1.54, 1.807) is 12.4 Å². The Morgan fingerprint density at radius 1 is 1.06 bits per heavy atom. The molecular formula is C11H15N5. The average Bonchev–Trinajstić information content (AvgIpc) is 2.67. The van der Waals surface area contributed by atoms with Gasteiger partial charge in [0.05, 0.1) is 11.4 Å². The molecule has 0 saturated heterocycles. The van der Waals surface area contributed by atoms with Gasteiger partial charge in [-0.2, -0.15) is 0 Å². The second-order valence-corrected chi connectivity index (χ2v) is 3.75. The summed E-state index contributed by atoms with van der Waals surface area (Å²) in [6, 6.07) is 0. The monoisotopic (exact) mass is 217 g/mol. The van der Waals surface area contributed by atoms with Gasteiger partial charge < -0.3 is 10.3 Å². The van der Waals surface area contributed by atoms with E-state index < -0.39 is 0 Å². The molecule has 5 nitrogen and oxygen atoms in total. The maximum Gasteiger partial charge on any atom is 0.103 e. The minimum absolute atomic E-state index is 0.714. The van der Waals surface area contributed by atoms with Gasteiger partial charge in [-0.15, -0.1) is 0 Å². The molecule has 0 aliphatic heterocycles. The Kier molecular flexibility index (Phi) is 3.26. The van der Waals surface area contributed by atoms with E-state index >= 15 is 0 Å². The van der Waals surface area contributed by atoms with Gasteiger partial charge in [0.15, 0.2) is 0 Å². The number of hydrogen-bond acceptors (Lipinski definition) is 4. The van der Waals surface area contributed by atoms with E-state index in [1.807, 2.05) is 20.0 Å². The number of aromatic nitrogens is 4. The van der Waals surface area contributed by atoms with Crippen molar-refractivity contribution in [2.24, 2.45) is 0 Å². The van der Waals surface area contributed by atoms with E-state index in [9.17, 15) is 0 Å². The lowest BCUT2D eigenvalue weighted by atomic mass is 10.4. The van der Waals surface area contributed by atoms with Crippen molar-refractivity contribution in [2.75, 3.05) is 0 Å². The highest BCUT2D eigenvalue weighted by molar-refractivity contribution is 5.02. The fraction of sp³-hybridized carbons (Fsp3) is 0.364. The maximum atomic E-state index is 4.26. The van der Waals surface area contributed by atoms with Crippen LogP contribution in [0.15, 0.2) is 18.6 Å². The lowest BCUT2D eigenvalue weighted by molar-refractivity contribution is 0.665. The second-order valence-electron chi connectivity index (χ2n) is 3.75. The van der Waals surface area contributed by atoms with Crippen LogP contribution in [0.2, 0.25) is 0 Å². The number of rotatable bonds is 4. The number of nitrogens with zero attached hydrogens (tertiary/aromatic N) is 3. The quantitative estimate of drug-likeness (QED) is 0.805. The minimum atomic E-state index is 0.714. The molecule has 0 amide bonds. The minimum Gasteiger partial charge on any atom is -0.345 e. The summed E-state index contributed by atoms with van der Waals surface area (Å²) < 4.78 is 0. The van der Waals surface area contributed by atoms with Crippen molar-refractivity contribution >= 4 is 0 Å². The van der Waals surface area contributed by atoms with Crippen LogP contribution in [0.3, 0.4) is 0 Å². The second kappa shape index (κ2) is 4.85. The SMILES string of the molecule is Cc1cnc(CNCc2cnc(C)[nH]2)cn1. The fourth-order valence-corrected chi connectivity index (χ4v) is 1.40. The Labute approximate surface area is 94.4 Å². The van der Waals surface area contributed by atoms with Gasteiger partial charge in [-0.25, -0.2) is 4.98 Å². The van der Waals surface area contributed by atoms with E-state index in [4.69, 9.17) is 0 Å². The lowest BCUT2D eigenvalue weighted by Gasteiger charge is -2.02. The predicted molar refractivity (Wildman–Crippen MR) is 60.6 cm³/mol. The molecule has 2 heterocycles. The smallest absolute Gasteiger partial charge is 0.103 e.